The van der Waals surface area contributed by atoms with Crippen molar-refractivity contribution < 1.29 is 27.5 Å². The van der Waals surface area contributed by atoms with Crippen LogP contribution in [0, 0.1) is 5.82 Å². The Morgan fingerprint density at radius 3 is 2.41 bits per heavy atom. The van der Waals surface area contributed by atoms with Crippen LogP contribution in [0.25, 0.3) is 22.0 Å². The van der Waals surface area contributed by atoms with E-state index in [1.54, 1.807) is 36.4 Å². The first-order valence-electron chi connectivity index (χ1n) is 10.4. The van der Waals surface area contributed by atoms with Crippen molar-refractivity contribution in [2.45, 2.75) is 38.6 Å². The van der Waals surface area contributed by atoms with Gasteiger partial charge in [0.15, 0.2) is 5.78 Å². The van der Waals surface area contributed by atoms with Crippen molar-refractivity contribution in [2.24, 2.45) is 0 Å². The van der Waals surface area contributed by atoms with Crippen LogP contribution < -0.4 is 0 Å². The molecule has 0 bridgehead atoms. The Kier molecular flexibility index (Phi) is 5.94. The molecule has 0 fully saturated rings. The van der Waals surface area contributed by atoms with Gasteiger partial charge in [-0.1, -0.05) is 36.4 Å². The molecule has 4 aromatic rings. The molecule has 1 atom stereocenters. The number of nitrogens with zero attached hydrogens (tertiary/aromatic N) is 4. The number of alkyl halides is 3. The summed E-state index contributed by atoms with van der Waals surface area (Å²) in [5.41, 5.74) is -0.904. The van der Waals surface area contributed by atoms with Crippen LogP contribution in [-0.4, -0.2) is 37.0 Å². The summed E-state index contributed by atoms with van der Waals surface area (Å²) < 4.78 is 54.5. The maximum atomic E-state index is 13.4. The Bertz CT molecular complexity index is 1370. The number of aromatic nitrogens is 4. The van der Waals surface area contributed by atoms with E-state index in [-0.39, 0.29) is 23.8 Å². The van der Waals surface area contributed by atoms with Crippen molar-refractivity contribution in [3.8, 4) is 11.1 Å². The van der Waals surface area contributed by atoms with Crippen LogP contribution in [0.5, 0.6) is 0 Å². The first-order valence-corrected chi connectivity index (χ1v) is 10.4. The number of carbonyl (C=O) groups excluding carboxylic acids is 1. The van der Waals surface area contributed by atoms with Gasteiger partial charge in [-0.05, 0) is 47.4 Å². The minimum atomic E-state index is -4.89. The average molecular weight is 472 g/mol. The van der Waals surface area contributed by atoms with E-state index < -0.39 is 23.9 Å². The second-order valence-corrected chi connectivity index (χ2v) is 7.98. The van der Waals surface area contributed by atoms with Gasteiger partial charge in [-0.15, -0.1) is 5.10 Å². The molecule has 0 aliphatic heterocycles. The zero-order valence-electron chi connectivity index (χ0n) is 18.3. The monoisotopic (exact) mass is 472 g/mol. The van der Waals surface area contributed by atoms with Crippen LogP contribution in [0.1, 0.15) is 42.0 Å². The number of pyridine rings is 1. The van der Waals surface area contributed by atoms with Crippen LogP contribution in [-0.2, 0) is 12.1 Å². The number of rotatable bonds is 6. The highest BCUT2D eigenvalue weighted by molar-refractivity contribution is 6.01. The van der Waals surface area contributed by atoms with Gasteiger partial charge in [-0.2, -0.15) is 13.2 Å². The molecule has 0 saturated carbocycles. The fourth-order valence-corrected chi connectivity index (χ4v) is 3.70. The van der Waals surface area contributed by atoms with Crippen molar-refractivity contribution in [2.75, 3.05) is 0 Å². The van der Waals surface area contributed by atoms with Crippen LogP contribution in [0.4, 0.5) is 17.6 Å². The highest BCUT2D eigenvalue weighted by Gasteiger charge is 2.55. The molecule has 0 aliphatic carbocycles. The van der Waals surface area contributed by atoms with Gasteiger partial charge in [0.25, 0.3) is 0 Å². The molecule has 2 heterocycles. The number of carbonyl (C=O) groups is 1. The second kappa shape index (κ2) is 8.60. The number of fused-ring (bicyclic) bond motifs is 1. The molecule has 6 nitrogen and oxygen atoms in total. The Labute approximate surface area is 191 Å². The van der Waals surface area contributed by atoms with Gasteiger partial charge < -0.3 is 5.11 Å². The predicted molar refractivity (Wildman–Crippen MR) is 117 cm³/mol. The van der Waals surface area contributed by atoms with E-state index in [9.17, 15) is 27.5 Å². The lowest BCUT2D eigenvalue weighted by atomic mass is 9.96. The van der Waals surface area contributed by atoms with Crippen LogP contribution in [0.3, 0.4) is 0 Å². The van der Waals surface area contributed by atoms with Gasteiger partial charge in [-0.3, -0.25) is 4.79 Å². The molecule has 0 spiro atoms. The van der Waals surface area contributed by atoms with E-state index in [1.807, 2.05) is 0 Å². The summed E-state index contributed by atoms with van der Waals surface area (Å²) in [7, 11) is 0. The number of hydrogen-bond donors (Lipinski definition) is 1. The van der Waals surface area contributed by atoms with Gasteiger partial charge in [-0.25, -0.2) is 14.1 Å². The molecule has 1 unspecified atom stereocenters. The largest absolute Gasteiger partial charge is 0.423 e. The van der Waals surface area contributed by atoms with E-state index in [0.29, 0.717) is 22.2 Å². The normalized spacial score (nSPS) is 13.7. The fraction of sp³-hybridized carbons (Fsp3) is 0.250. The Morgan fingerprint density at radius 2 is 1.79 bits per heavy atom. The van der Waals surface area contributed by atoms with E-state index in [1.165, 1.54) is 30.7 Å². The standard InChI is InChI=1S/C24H20F4N4O2/c1-3-23(34,24(26,27)28)22-13-32(31-30-22)12-15-4-9-18-19(16-5-7-17(25)8-6-16)11-20(14(2)33)29-21(18)10-15/h4-11,13,34H,3,12H2,1-2H3. The maximum Gasteiger partial charge on any atom is 0.423 e. The molecular weight excluding hydrogens is 452 g/mol. The lowest BCUT2D eigenvalue weighted by molar-refractivity contribution is -0.269. The van der Waals surface area contributed by atoms with Gasteiger partial charge in [0.2, 0.25) is 5.60 Å². The first kappa shape index (κ1) is 23.5. The molecule has 4 rings (SSSR count). The maximum absolute atomic E-state index is 13.4. The summed E-state index contributed by atoms with van der Waals surface area (Å²) in [6.45, 7) is 2.67. The smallest absolute Gasteiger partial charge is 0.375 e. The molecular formula is C24H20F4N4O2. The number of ketones is 1. The molecule has 2 aromatic heterocycles. The molecule has 0 amide bonds. The molecule has 2 aromatic carbocycles. The van der Waals surface area contributed by atoms with Gasteiger partial charge in [0.1, 0.15) is 17.2 Å². The quantitative estimate of drug-likeness (QED) is 0.314. The number of Topliss-reactive ketones (excluding diaryl/α,β-unsaturated/α-hetero) is 1. The van der Waals surface area contributed by atoms with Crippen molar-refractivity contribution in [3.05, 3.63) is 77.5 Å². The summed E-state index contributed by atoms with van der Waals surface area (Å²) in [5, 5.41) is 18.1. The second-order valence-electron chi connectivity index (χ2n) is 7.98. The summed E-state index contributed by atoms with van der Waals surface area (Å²) in [6.07, 6.45) is -4.44. The summed E-state index contributed by atoms with van der Waals surface area (Å²) in [4.78, 5) is 16.5. The van der Waals surface area contributed by atoms with Gasteiger partial charge in [0.05, 0.1) is 18.3 Å². The van der Waals surface area contributed by atoms with Crippen molar-refractivity contribution in [1.29, 1.82) is 0 Å². The Hall–Kier alpha value is -3.66. The van der Waals surface area contributed by atoms with Crippen molar-refractivity contribution >= 4 is 16.7 Å². The lowest BCUT2D eigenvalue weighted by Crippen LogP contribution is -2.42. The first-order chi connectivity index (χ1) is 16.0. The van der Waals surface area contributed by atoms with E-state index in [4.69, 9.17) is 0 Å². The highest BCUT2D eigenvalue weighted by atomic mass is 19.4. The highest BCUT2D eigenvalue weighted by Crippen LogP contribution is 2.40. The molecule has 0 radical (unpaired) electrons. The number of hydrogen-bond acceptors (Lipinski definition) is 5. The van der Waals surface area contributed by atoms with E-state index in [0.717, 1.165) is 11.6 Å². The topological polar surface area (TPSA) is 80.9 Å². The van der Waals surface area contributed by atoms with Gasteiger partial charge >= 0.3 is 6.18 Å². The third kappa shape index (κ3) is 4.28. The molecule has 1 N–H and O–H groups in total. The van der Waals surface area contributed by atoms with Gasteiger partial charge in [0, 0.05) is 12.3 Å². The molecule has 0 aliphatic rings. The molecule has 34 heavy (non-hydrogen) atoms. The summed E-state index contributed by atoms with van der Waals surface area (Å²) in [5.74, 6) is -0.633. The van der Waals surface area contributed by atoms with Crippen molar-refractivity contribution in [3.63, 3.8) is 0 Å². The molecule has 176 valence electrons. The van der Waals surface area contributed by atoms with E-state index in [2.05, 4.69) is 15.3 Å². The van der Waals surface area contributed by atoms with Crippen LogP contribution >= 0.6 is 0 Å². The van der Waals surface area contributed by atoms with Crippen LogP contribution in [0.15, 0.2) is 54.7 Å². The summed E-state index contributed by atoms with van der Waals surface area (Å²) in [6, 6.07) is 12.7. The zero-order valence-corrected chi connectivity index (χ0v) is 18.3. The minimum absolute atomic E-state index is 0.0679. The lowest BCUT2D eigenvalue weighted by Gasteiger charge is -2.26. The average Bonchev–Trinajstić information content (AvgIpc) is 3.26. The fourth-order valence-electron chi connectivity index (χ4n) is 3.70. The summed E-state index contributed by atoms with van der Waals surface area (Å²) >= 11 is 0. The predicted octanol–water partition coefficient (Wildman–Crippen LogP) is 5.04. The van der Waals surface area contributed by atoms with Crippen LogP contribution in [0.2, 0.25) is 0 Å². The number of benzene rings is 2. The SMILES string of the molecule is CCC(O)(c1cn(Cc2ccc3c(-c4ccc(F)cc4)cc(C(C)=O)nc3c2)nn1)C(F)(F)F. The van der Waals surface area contributed by atoms with E-state index >= 15 is 0 Å². The third-order valence-corrected chi connectivity index (χ3v) is 5.68. The number of aliphatic hydroxyl groups is 1. The Morgan fingerprint density at radius 1 is 1.09 bits per heavy atom. The number of halogens is 4. The minimum Gasteiger partial charge on any atom is -0.375 e. The Balaban J connectivity index is 1.73. The molecule has 10 heteroatoms. The molecule has 0 saturated heterocycles. The zero-order chi connectivity index (χ0) is 24.7. The van der Waals surface area contributed by atoms with Crippen molar-refractivity contribution in [1.82, 2.24) is 20.0 Å². The third-order valence-electron chi connectivity index (χ3n) is 5.68.